The van der Waals surface area contributed by atoms with Gasteiger partial charge in [-0.25, -0.2) is 0 Å². The molecule has 1 rings (SSSR count). The Hall–Kier alpha value is -0.720. The van der Waals surface area contributed by atoms with Crippen LogP contribution < -0.4 is 5.32 Å². The molecule has 0 aliphatic heterocycles. The molecule has 92 valence electrons. The summed E-state index contributed by atoms with van der Waals surface area (Å²) < 4.78 is 0. The van der Waals surface area contributed by atoms with Crippen molar-refractivity contribution in [2.24, 2.45) is 0 Å². The second kappa shape index (κ2) is 5.56. The molecule has 0 bridgehead atoms. The van der Waals surface area contributed by atoms with Crippen molar-refractivity contribution in [3.8, 4) is 0 Å². The quantitative estimate of drug-likeness (QED) is 0.786. The maximum Gasteiger partial charge on any atom is 0.205 e. The summed E-state index contributed by atoms with van der Waals surface area (Å²) in [5.74, 6) is 0. The van der Waals surface area contributed by atoms with Gasteiger partial charge in [-0.3, -0.25) is 4.90 Å². The fourth-order valence-electron chi connectivity index (χ4n) is 1.49. The average Bonchev–Trinajstić information content (AvgIpc) is 2.49. The van der Waals surface area contributed by atoms with Crippen molar-refractivity contribution in [2.45, 2.75) is 32.9 Å². The van der Waals surface area contributed by atoms with E-state index in [1.165, 1.54) is 0 Å². The second-order valence-corrected chi connectivity index (χ2v) is 5.58. The molecule has 1 aromatic rings. The first-order valence-corrected chi connectivity index (χ1v) is 6.19. The van der Waals surface area contributed by atoms with E-state index in [9.17, 15) is 5.11 Å². The summed E-state index contributed by atoms with van der Waals surface area (Å²) in [6, 6.07) is 0. The number of aliphatic hydroxyl groups is 1. The lowest BCUT2D eigenvalue weighted by molar-refractivity contribution is 0.0424. The van der Waals surface area contributed by atoms with E-state index in [4.69, 9.17) is 0 Å². The standard InChI is InChI=1S/C10H20N4OS/c1-5-11-9-13-12-8(16-9)6-14(4)7-10(2,3)15/h15H,5-7H2,1-4H3,(H,11,13). The van der Waals surface area contributed by atoms with Crippen molar-refractivity contribution in [3.05, 3.63) is 5.01 Å². The lowest BCUT2D eigenvalue weighted by Crippen LogP contribution is -2.35. The number of aromatic nitrogens is 2. The Morgan fingerprint density at radius 2 is 2.12 bits per heavy atom. The molecule has 0 aliphatic rings. The minimum Gasteiger partial charge on any atom is -0.389 e. The smallest absolute Gasteiger partial charge is 0.205 e. The van der Waals surface area contributed by atoms with Gasteiger partial charge in [0.25, 0.3) is 0 Å². The maximum absolute atomic E-state index is 9.67. The molecule has 6 heteroatoms. The number of likely N-dealkylation sites (N-methyl/N-ethyl adjacent to an activating group) is 1. The average molecular weight is 244 g/mol. The van der Waals surface area contributed by atoms with Gasteiger partial charge in [0.1, 0.15) is 5.01 Å². The molecule has 0 saturated heterocycles. The Kier molecular flexibility index (Phi) is 4.64. The lowest BCUT2D eigenvalue weighted by atomic mass is 10.1. The molecule has 0 fully saturated rings. The first kappa shape index (κ1) is 13.3. The maximum atomic E-state index is 9.67. The van der Waals surface area contributed by atoms with Gasteiger partial charge in [-0.15, -0.1) is 10.2 Å². The van der Waals surface area contributed by atoms with Crippen LogP contribution in [0.1, 0.15) is 25.8 Å². The summed E-state index contributed by atoms with van der Waals surface area (Å²) in [5, 5.41) is 22.7. The third-order valence-electron chi connectivity index (χ3n) is 1.86. The number of hydrogen-bond donors (Lipinski definition) is 2. The monoisotopic (exact) mass is 244 g/mol. The zero-order chi connectivity index (χ0) is 12.2. The minimum absolute atomic E-state index is 0.614. The molecule has 1 heterocycles. The van der Waals surface area contributed by atoms with E-state index < -0.39 is 5.60 Å². The molecule has 1 aromatic heterocycles. The van der Waals surface area contributed by atoms with Gasteiger partial charge in [-0.1, -0.05) is 11.3 Å². The fourth-order valence-corrected chi connectivity index (χ4v) is 2.38. The van der Waals surface area contributed by atoms with E-state index in [1.807, 2.05) is 18.9 Å². The van der Waals surface area contributed by atoms with Gasteiger partial charge >= 0.3 is 0 Å². The highest BCUT2D eigenvalue weighted by atomic mass is 32.1. The molecule has 0 radical (unpaired) electrons. The second-order valence-electron chi connectivity index (χ2n) is 4.52. The minimum atomic E-state index is -0.677. The summed E-state index contributed by atoms with van der Waals surface area (Å²) in [6.07, 6.45) is 0. The van der Waals surface area contributed by atoms with Crippen LogP contribution in [0.5, 0.6) is 0 Å². The predicted octanol–water partition coefficient (Wildman–Crippen LogP) is 1.17. The van der Waals surface area contributed by atoms with Crippen molar-refractivity contribution in [2.75, 3.05) is 25.5 Å². The zero-order valence-electron chi connectivity index (χ0n) is 10.3. The number of nitrogens with one attached hydrogen (secondary N) is 1. The van der Waals surface area contributed by atoms with Crippen molar-refractivity contribution >= 4 is 16.5 Å². The van der Waals surface area contributed by atoms with Crippen LogP contribution in [0.3, 0.4) is 0 Å². The van der Waals surface area contributed by atoms with E-state index >= 15 is 0 Å². The molecule has 0 aliphatic carbocycles. The van der Waals surface area contributed by atoms with E-state index in [0.717, 1.165) is 16.7 Å². The van der Waals surface area contributed by atoms with Crippen LogP contribution in [-0.2, 0) is 6.54 Å². The Labute approximate surface area is 101 Å². The van der Waals surface area contributed by atoms with E-state index in [0.29, 0.717) is 13.1 Å². The third kappa shape index (κ3) is 4.87. The molecule has 0 unspecified atom stereocenters. The van der Waals surface area contributed by atoms with Gasteiger partial charge in [-0.2, -0.15) is 0 Å². The van der Waals surface area contributed by atoms with Crippen LogP contribution >= 0.6 is 11.3 Å². The summed E-state index contributed by atoms with van der Waals surface area (Å²) in [6.45, 7) is 7.81. The normalized spacial score (nSPS) is 12.1. The lowest BCUT2D eigenvalue weighted by Gasteiger charge is -2.24. The topological polar surface area (TPSA) is 61.3 Å². The molecule has 0 atom stereocenters. The van der Waals surface area contributed by atoms with Crippen LogP contribution in [0.4, 0.5) is 5.13 Å². The number of hydrogen-bond acceptors (Lipinski definition) is 6. The zero-order valence-corrected chi connectivity index (χ0v) is 11.1. The van der Waals surface area contributed by atoms with Crippen LogP contribution in [0, 0.1) is 0 Å². The molecule has 0 spiro atoms. The first-order valence-electron chi connectivity index (χ1n) is 5.38. The van der Waals surface area contributed by atoms with Gasteiger partial charge in [0, 0.05) is 13.1 Å². The Morgan fingerprint density at radius 3 is 2.69 bits per heavy atom. The molecule has 0 amide bonds. The van der Waals surface area contributed by atoms with Crippen LogP contribution in [0.2, 0.25) is 0 Å². The van der Waals surface area contributed by atoms with Crippen molar-refractivity contribution in [1.82, 2.24) is 15.1 Å². The molecule has 0 aromatic carbocycles. The van der Waals surface area contributed by atoms with Gasteiger partial charge < -0.3 is 10.4 Å². The molecular weight excluding hydrogens is 224 g/mol. The first-order chi connectivity index (χ1) is 7.40. The van der Waals surface area contributed by atoms with E-state index in [-0.39, 0.29) is 0 Å². The molecule has 0 saturated carbocycles. The summed E-state index contributed by atoms with van der Waals surface area (Å²) >= 11 is 1.56. The van der Waals surface area contributed by atoms with Gasteiger partial charge in [0.2, 0.25) is 5.13 Å². The van der Waals surface area contributed by atoms with E-state index in [1.54, 1.807) is 25.2 Å². The molecular formula is C10H20N4OS. The van der Waals surface area contributed by atoms with Crippen LogP contribution in [0.25, 0.3) is 0 Å². The molecule has 16 heavy (non-hydrogen) atoms. The van der Waals surface area contributed by atoms with Crippen LogP contribution in [-0.4, -0.2) is 45.9 Å². The van der Waals surface area contributed by atoms with Gasteiger partial charge in [0.05, 0.1) is 12.1 Å². The van der Waals surface area contributed by atoms with Crippen molar-refractivity contribution in [1.29, 1.82) is 0 Å². The highest BCUT2D eigenvalue weighted by Gasteiger charge is 2.16. The summed E-state index contributed by atoms with van der Waals surface area (Å²) in [4.78, 5) is 2.04. The predicted molar refractivity (Wildman–Crippen MR) is 66.7 cm³/mol. The largest absolute Gasteiger partial charge is 0.389 e. The Bertz CT molecular complexity index is 321. The summed E-state index contributed by atoms with van der Waals surface area (Å²) in [7, 11) is 1.96. The SMILES string of the molecule is CCNc1nnc(CN(C)CC(C)(C)O)s1. The highest BCUT2D eigenvalue weighted by Crippen LogP contribution is 2.16. The van der Waals surface area contributed by atoms with Gasteiger partial charge in [0.15, 0.2) is 0 Å². The van der Waals surface area contributed by atoms with Crippen molar-refractivity contribution < 1.29 is 5.11 Å². The highest BCUT2D eigenvalue weighted by molar-refractivity contribution is 7.15. The number of anilines is 1. The number of rotatable bonds is 6. The van der Waals surface area contributed by atoms with Crippen LogP contribution in [0.15, 0.2) is 0 Å². The van der Waals surface area contributed by atoms with E-state index in [2.05, 4.69) is 15.5 Å². The Balaban J connectivity index is 2.46. The Morgan fingerprint density at radius 1 is 1.44 bits per heavy atom. The third-order valence-corrected chi connectivity index (χ3v) is 2.72. The van der Waals surface area contributed by atoms with Gasteiger partial charge in [-0.05, 0) is 27.8 Å². The number of nitrogens with zero attached hydrogens (tertiary/aromatic N) is 3. The summed E-state index contributed by atoms with van der Waals surface area (Å²) in [5.41, 5.74) is -0.677. The van der Waals surface area contributed by atoms with Crippen molar-refractivity contribution in [3.63, 3.8) is 0 Å². The molecule has 2 N–H and O–H groups in total. The molecule has 5 nitrogen and oxygen atoms in total. The fraction of sp³-hybridized carbons (Fsp3) is 0.800.